The van der Waals surface area contributed by atoms with Gasteiger partial charge in [0.1, 0.15) is 11.5 Å². The van der Waals surface area contributed by atoms with Crippen LogP contribution in [-0.2, 0) is 4.79 Å². The number of fused-ring (bicyclic) bond motifs is 5. The van der Waals surface area contributed by atoms with E-state index in [1.54, 1.807) is 6.92 Å². The quantitative estimate of drug-likeness (QED) is 0.622. The molecule has 0 aliphatic heterocycles. The van der Waals surface area contributed by atoms with Crippen LogP contribution in [0.5, 0.6) is 0 Å². The normalized spacial score (nSPS) is 51.2. The van der Waals surface area contributed by atoms with Gasteiger partial charge in [0.2, 0.25) is 0 Å². The largest absolute Gasteiger partial charge is 0.393 e. The van der Waals surface area contributed by atoms with E-state index in [1.165, 1.54) is 25.7 Å². The van der Waals surface area contributed by atoms with Gasteiger partial charge in [-0.2, -0.15) is 0 Å². The van der Waals surface area contributed by atoms with Crippen molar-refractivity contribution in [3.63, 3.8) is 0 Å². The van der Waals surface area contributed by atoms with Crippen LogP contribution in [-0.4, -0.2) is 23.2 Å². The van der Waals surface area contributed by atoms with Gasteiger partial charge in [0.05, 0.1) is 6.61 Å². The Morgan fingerprint density at radius 2 is 1.67 bits per heavy atom. The molecule has 4 rings (SSSR count). The van der Waals surface area contributed by atoms with Crippen LogP contribution in [0.25, 0.3) is 0 Å². The molecule has 154 valence electrons. The molecule has 27 heavy (non-hydrogen) atoms. The van der Waals surface area contributed by atoms with Gasteiger partial charge < -0.3 is 5.11 Å². The Morgan fingerprint density at radius 3 is 2.30 bits per heavy atom. The van der Waals surface area contributed by atoms with Crippen molar-refractivity contribution in [2.75, 3.05) is 6.61 Å². The van der Waals surface area contributed by atoms with Gasteiger partial charge in [-0.1, -0.05) is 13.8 Å². The molecule has 0 saturated heterocycles. The van der Waals surface area contributed by atoms with Gasteiger partial charge in [-0.25, -0.2) is 4.39 Å². The molecule has 0 bridgehead atoms. The number of ketones is 1. The number of rotatable bonds is 2. The standard InChI is InChI=1S/C22H35FO2.C2H4/c1-14(25)17-6-7-18-16-5-4-15-12-22(23,13-24)11-10-20(15,2)19(16)8-9-21(17,18)3;1-2/h15-19,24H,4-13H2,1-3H3;1-2H2/t15-,16-,17+,18-,19-,20-,21+,22+;/m0./s1. The first-order valence-electron chi connectivity index (χ1n) is 11.0. The van der Waals surface area contributed by atoms with Crippen molar-refractivity contribution in [3.05, 3.63) is 13.2 Å². The summed E-state index contributed by atoms with van der Waals surface area (Å²) in [5.74, 6) is 3.19. The number of aliphatic hydroxyl groups excluding tert-OH is 1. The van der Waals surface area contributed by atoms with E-state index < -0.39 is 5.67 Å². The van der Waals surface area contributed by atoms with Gasteiger partial charge in [-0.05, 0) is 99.2 Å². The Labute approximate surface area is 165 Å². The van der Waals surface area contributed by atoms with Crippen LogP contribution in [0.15, 0.2) is 13.2 Å². The fourth-order valence-electron chi connectivity index (χ4n) is 8.11. The number of hydrogen-bond acceptors (Lipinski definition) is 2. The second-order valence-corrected chi connectivity index (χ2v) is 10.5. The van der Waals surface area contributed by atoms with Crippen LogP contribution in [0.1, 0.15) is 78.6 Å². The summed E-state index contributed by atoms with van der Waals surface area (Å²) in [6.45, 7) is 12.3. The van der Waals surface area contributed by atoms with Gasteiger partial charge in [0.25, 0.3) is 0 Å². The first-order valence-corrected chi connectivity index (χ1v) is 11.0. The number of halogens is 1. The van der Waals surface area contributed by atoms with Gasteiger partial charge in [0, 0.05) is 5.92 Å². The zero-order valence-electron chi connectivity index (χ0n) is 17.6. The predicted octanol–water partition coefficient (Wildman–Crippen LogP) is 5.74. The zero-order valence-corrected chi connectivity index (χ0v) is 17.6. The summed E-state index contributed by atoms with van der Waals surface area (Å²) in [5, 5.41) is 9.49. The smallest absolute Gasteiger partial charge is 0.134 e. The van der Waals surface area contributed by atoms with Crippen molar-refractivity contribution < 1.29 is 14.3 Å². The summed E-state index contributed by atoms with van der Waals surface area (Å²) in [4.78, 5) is 12.2. The topological polar surface area (TPSA) is 37.3 Å². The van der Waals surface area contributed by atoms with Crippen molar-refractivity contribution in [1.29, 1.82) is 0 Å². The van der Waals surface area contributed by atoms with Crippen LogP contribution in [0, 0.1) is 40.4 Å². The van der Waals surface area contributed by atoms with E-state index in [4.69, 9.17) is 0 Å². The molecule has 4 aliphatic rings. The lowest BCUT2D eigenvalue weighted by Gasteiger charge is -2.61. The fourth-order valence-corrected chi connectivity index (χ4v) is 8.11. The molecule has 0 radical (unpaired) electrons. The van der Waals surface area contributed by atoms with E-state index in [2.05, 4.69) is 27.0 Å². The van der Waals surface area contributed by atoms with Crippen molar-refractivity contribution in [1.82, 2.24) is 0 Å². The molecule has 0 aromatic heterocycles. The van der Waals surface area contributed by atoms with E-state index in [1.807, 2.05) is 0 Å². The van der Waals surface area contributed by atoms with E-state index in [9.17, 15) is 14.3 Å². The number of hydrogen-bond donors (Lipinski definition) is 1. The summed E-state index contributed by atoms with van der Waals surface area (Å²) in [7, 11) is 0. The minimum Gasteiger partial charge on any atom is -0.393 e. The van der Waals surface area contributed by atoms with Crippen molar-refractivity contribution >= 4 is 5.78 Å². The zero-order chi connectivity index (χ0) is 20.0. The molecule has 4 saturated carbocycles. The monoisotopic (exact) mass is 378 g/mol. The summed E-state index contributed by atoms with van der Waals surface area (Å²) < 4.78 is 14.8. The molecular weight excluding hydrogens is 339 g/mol. The molecule has 1 N–H and O–H groups in total. The summed E-state index contributed by atoms with van der Waals surface area (Å²) in [6, 6.07) is 0. The van der Waals surface area contributed by atoms with E-state index in [-0.39, 0.29) is 23.4 Å². The number of alkyl halides is 1. The molecule has 4 fully saturated rings. The van der Waals surface area contributed by atoms with Crippen LogP contribution >= 0.6 is 0 Å². The molecular formula is C24H39FO2. The van der Waals surface area contributed by atoms with Crippen LogP contribution in [0.2, 0.25) is 0 Å². The lowest BCUT2D eigenvalue weighted by atomic mass is 9.44. The van der Waals surface area contributed by atoms with Gasteiger partial charge >= 0.3 is 0 Å². The van der Waals surface area contributed by atoms with Crippen molar-refractivity contribution in [2.45, 2.75) is 84.2 Å². The highest BCUT2D eigenvalue weighted by Crippen LogP contribution is 2.68. The first-order chi connectivity index (χ1) is 12.7. The Bertz CT molecular complexity index is 577. The second-order valence-electron chi connectivity index (χ2n) is 10.5. The maximum Gasteiger partial charge on any atom is 0.134 e. The minimum absolute atomic E-state index is 0.208. The number of aliphatic hydroxyl groups is 1. The Kier molecular flexibility index (Phi) is 5.67. The molecule has 0 heterocycles. The van der Waals surface area contributed by atoms with E-state index in [0.29, 0.717) is 36.4 Å². The summed E-state index contributed by atoms with van der Waals surface area (Å²) >= 11 is 0. The maximum absolute atomic E-state index is 14.8. The first kappa shape index (κ1) is 21.0. The highest BCUT2D eigenvalue weighted by Gasteiger charge is 2.61. The molecule has 3 heteroatoms. The van der Waals surface area contributed by atoms with Crippen LogP contribution in [0.3, 0.4) is 0 Å². The fraction of sp³-hybridized carbons (Fsp3) is 0.875. The van der Waals surface area contributed by atoms with Crippen molar-refractivity contribution in [2.24, 2.45) is 40.4 Å². The molecule has 0 amide bonds. The third-order valence-electron chi connectivity index (χ3n) is 9.56. The Hall–Kier alpha value is -0.700. The van der Waals surface area contributed by atoms with E-state index >= 15 is 0 Å². The Morgan fingerprint density at radius 1 is 1.00 bits per heavy atom. The molecule has 0 spiro atoms. The predicted molar refractivity (Wildman–Crippen MR) is 108 cm³/mol. The highest BCUT2D eigenvalue weighted by atomic mass is 19.1. The molecule has 8 atom stereocenters. The number of carbonyl (C=O) groups is 1. The van der Waals surface area contributed by atoms with Gasteiger partial charge in [0.15, 0.2) is 0 Å². The molecule has 4 aliphatic carbocycles. The minimum atomic E-state index is -1.34. The molecule has 0 aromatic rings. The summed E-state index contributed by atoms with van der Waals surface area (Å²) in [6.07, 6.45) is 9.01. The second kappa shape index (κ2) is 7.28. The van der Waals surface area contributed by atoms with Gasteiger partial charge in [-0.3, -0.25) is 4.79 Å². The van der Waals surface area contributed by atoms with Crippen LogP contribution in [0.4, 0.5) is 4.39 Å². The van der Waals surface area contributed by atoms with E-state index in [0.717, 1.165) is 25.2 Å². The molecule has 0 aromatic carbocycles. The van der Waals surface area contributed by atoms with Crippen molar-refractivity contribution in [3.8, 4) is 0 Å². The molecule has 2 nitrogen and oxygen atoms in total. The lowest BCUT2D eigenvalue weighted by Crippen LogP contribution is -2.56. The highest BCUT2D eigenvalue weighted by molar-refractivity contribution is 5.79. The van der Waals surface area contributed by atoms with Gasteiger partial charge in [-0.15, -0.1) is 13.2 Å². The average Bonchev–Trinajstić information content (AvgIpc) is 3.01. The lowest BCUT2D eigenvalue weighted by molar-refractivity contribution is -0.146. The SMILES string of the molecule is C=C.CC(=O)[C@H]1CC[C@H]2[C@@H]3CC[C@H]4C[C@@](F)(CO)CC[C@]4(C)[C@H]3CC[C@]12C. The third-order valence-corrected chi connectivity index (χ3v) is 9.56. The Balaban J connectivity index is 0.00000102. The third kappa shape index (κ3) is 3.12. The maximum atomic E-state index is 14.8. The average molecular weight is 379 g/mol. The molecule has 0 unspecified atom stereocenters. The number of Topliss-reactive ketones (excluding diaryl/α,β-unsaturated/α-hetero) is 1. The van der Waals surface area contributed by atoms with Crippen LogP contribution < -0.4 is 0 Å². The number of carbonyl (C=O) groups excluding carboxylic acids is 1. The summed E-state index contributed by atoms with van der Waals surface area (Å²) in [5.41, 5.74) is -0.892.